The van der Waals surface area contributed by atoms with Crippen LogP contribution in [0, 0.1) is 5.82 Å². The maximum Gasteiger partial charge on any atom is 0.261 e. The SMILES string of the molecule is O=C(NCC(O)CN1CCc2ccccc2C1)c1cc2c(s1)CCN(C(=O)c1cccc(F)c1)C2. The van der Waals surface area contributed by atoms with Gasteiger partial charge in [0.2, 0.25) is 0 Å². The Bertz CT molecular complexity index is 1240. The summed E-state index contributed by atoms with van der Waals surface area (Å²) in [5, 5.41) is 13.4. The van der Waals surface area contributed by atoms with Gasteiger partial charge >= 0.3 is 0 Å². The molecular formula is C27H28FN3O3S. The predicted octanol–water partition coefficient (Wildman–Crippen LogP) is 3.23. The van der Waals surface area contributed by atoms with Gasteiger partial charge in [0, 0.05) is 49.7 Å². The molecule has 2 aromatic carbocycles. The van der Waals surface area contributed by atoms with Gasteiger partial charge in [0.15, 0.2) is 0 Å². The van der Waals surface area contributed by atoms with Crippen molar-refractivity contribution >= 4 is 23.2 Å². The van der Waals surface area contributed by atoms with Crippen LogP contribution in [-0.4, -0.2) is 59.0 Å². The Morgan fingerprint density at radius 1 is 1.00 bits per heavy atom. The highest BCUT2D eigenvalue weighted by atomic mass is 32.1. The molecule has 0 saturated heterocycles. The zero-order chi connectivity index (χ0) is 24.4. The molecule has 3 heterocycles. The topological polar surface area (TPSA) is 72.9 Å². The van der Waals surface area contributed by atoms with Crippen LogP contribution in [0.25, 0.3) is 0 Å². The highest BCUT2D eigenvalue weighted by Gasteiger charge is 2.26. The Kier molecular flexibility index (Phi) is 6.95. The largest absolute Gasteiger partial charge is 0.390 e. The van der Waals surface area contributed by atoms with E-state index in [1.165, 1.54) is 40.7 Å². The molecule has 8 heteroatoms. The standard InChI is InChI=1S/C27H28FN3O3S/c28-22-7-3-6-19(12-22)27(34)31-11-9-24-21(16-31)13-25(35-24)26(33)29-14-23(32)17-30-10-8-18-4-1-2-5-20(18)15-30/h1-7,12-13,23,32H,8-11,14-17H2,(H,29,33). The molecule has 182 valence electrons. The highest BCUT2D eigenvalue weighted by molar-refractivity contribution is 7.14. The Balaban J connectivity index is 1.14. The van der Waals surface area contributed by atoms with Gasteiger partial charge in [-0.1, -0.05) is 30.3 Å². The fraction of sp³-hybridized carbons (Fsp3) is 0.333. The van der Waals surface area contributed by atoms with Crippen LogP contribution in [0.1, 0.15) is 41.6 Å². The molecule has 2 N–H and O–H groups in total. The van der Waals surface area contributed by atoms with E-state index in [0.717, 1.165) is 30.0 Å². The highest BCUT2D eigenvalue weighted by Crippen LogP contribution is 2.29. The summed E-state index contributed by atoms with van der Waals surface area (Å²) in [5.74, 6) is -0.860. The molecular weight excluding hydrogens is 465 g/mol. The summed E-state index contributed by atoms with van der Waals surface area (Å²) in [6, 6.07) is 15.9. The third-order valence-corrected chi connectivity index (χ3v) is 7.86. The third-order valence-electron chi connectivity index (χ3n) is 6.63. The molecule has 0 saturated carbocycles. The summed E-state index contributed by atoms with van der Waals surface area (Å²) in [7, 11) is 0. The van der Waals surface area contributed by atoms with Crippen molar-refractivity contribution in [1.29, 1.82) is 0 Å². The van der Waals surface area contributed by atoms with Crippen molar-refractivity contribution < 1.29 is 19.1 Å². The monoisotopic (exact) mass is 493 g/mol. The number of hydrogen-bond donors (Lipinski definition) is 2. The number of carbonyl (C=O) groups is 2. The van der Waals surface area contributed by atoms with E-state index in [1.807, 2.05) is 12.1 Å². The van der Waals surface area contributed by atoms with E-state index in [4.69, 9.17) is 0 Å². The van der Waals surface area contributed by atoms with E-state index in [9.17, 15) is 19.1 Å². The van der Waals surface area contributed by atoms with Crippen molar-refractivity contribution in [3.05, 3.63) is 92.4 Å². The summed E-state index contributed by atoms with van der Waals surface area (Å²) in [6.07, 6.45) is 0.973. The lowest BCUT2D eigenvalue weighted by molar-refractivity contribution is 0.0735. The molecule has 0 radical (unpaired) electrons. The lowest BCUT2D eigenvalue weighted by Gasteiger charge is -2.30. The minimum absolute atomic E-state index is 0.184. The number of benzene rings is 2. The fourth-order valence-corrected chi connectivity index (χ4v) is 5.87. The number of aliphatic hydroxyl groups excluding tert-OH is 1. The number of nitrogens with one attached hydrogen (secondary N) is 1. The van der Waals surface area contributed by atoms with Gasteiger partial charge in [0.25, 0.3) is 11.8 Å². The van der Waals surface area contributed by atoms with Crippen molar-refractivity contribution in [2.24, 2.45) is 0 Å². The van der Waals surface area contributed by atoms with Gasteiger partial charge in [0.1, 0.15) is 5.82 Å². The summed E-state index contributed by atoms with van der Waals surface area (Å²) >= 11 is 1.43. The molecule has 2 amide bonds. The van der Waals surface area contributed by atoms with Crippen LogP contribution in [-0.2, 0) is 25.9 Å². The minimum Gasteiger partial charge on any atom is -0.390 e. The average molecular weight is 494 g/mol. The molecule has 5 rings (SSSR count). The first-order valence-corrected chi connectivity index (χ1v) is 12.7. The summed E-state index contributed by atoms with van der Waals surface area (Å²) in [5.41, 5.74) is 3.94. The van der Waals surface area contributed by atoms with Gasteiger partial charge in [-0.05, 0) is 53.8 Å². The quantitative estimate of drug-likeness (QED) is 0.553. The van der Waals surface area contributed by atoms with Crippen molar-refractivity contribution in [1.82, 2.24) is 15.1 Å². The number of thiophene rings is 1. The molecule has 0 aliphatic carbocycles. The smallest absolute Gasteiger partial charge is 0.261 e. The zero-order valence-electron chi connectivity index (χ0n) is 19.4. The van der Waals surface area contributed by atoms with E-state index >= 15 is 0 Å². The Morgan fingerprint density at radius 2 is 1.83 bits per heavy atom. The fourth-order valence-electron chi connectivity index (χ4n) is 4.79. The maximum absolute atomic E-state index is 13.5. The van der Waals surface area contributed by atoms with Gasteiger partial charge < -0.3 is 15.3 Å². The molecule has 35 heavy (non-hydrogen) atoms. The van der Waals surface area contributed by atoms with E-state index in [0.29, 0.717) is 36.5 Å². The van der Waals surface area contributed by atoms with E-state index < -0.39 is 11.9 Å². The Labute approximate surface area is 208 Å². The lowest BCUT2D eigenvalue weighted by atomic mass is 10.00. The van der Waals surface area contributed by atoms with Crippen LogP contribution in [0.3, 0.4) is 0 Å². The number of fused-ring (bicyclic) bond motifs is 2. The summed E-state index contributed by atoms with van der Waals surface area (Å²) < 4.78 is 13.5. The molecule has 2 aliphatic rings. The number of β-amino-alcohol motifs (C(OH)–C–C–N with tert-alkyl or cyclic N) is 1. The number of aliphatic hydroxyl groups is 1. The third kappa shape index (κ3) is 5.45. The number of halogens is 1. The first-order chi connectivity index (χ1) is 17.0. The van der Waals surface area contributed by atoms with Gasteiger partial charge in [-0.15, -0.1) is 11.3 Å². The lowest BCUT2D eigenvalue weighted by Crippen LogP contribution is -2.41. The average Bonchev–Trinajstić information content (AvgIpc) is 3.30. The molecule has 1 unspecified atom stereocenters. The van der Waals surface area contributed by atoms with Crippen molar-refractivity contribution in [2.75, 3.05) is 26.2 Å². The minimum atomic E-state index is -0.654. The van der Waals surface area contributed by atoms with Crippen LogP contribution in [0.4, 0.5) is 4.39 Å². The van der Waals surface area contributed by atoms with Crippen LogP contribution in [0.2, 0.25) is 0 Å². The zero-order valence-corrected chi connectivity index (χ0v) is 20.2. The first kappa shape index (κ1) is 23.7. The molecule has 6 nitrogen and oxygen atoms in total. The normalized spacial score (nSPS) is 16.3. The molecule has 3 aromatic rings. The van der Waals surface area contributed by atoms with Gasteiger partial charge in [-0.25, -0.2) is 4.39 Å². The number of carbonyl (C=O) groups excluding carboxylic acids is 2. The van der Waals surface area contributed by atoms with Crippen LogP contribution >= 0.6 is 11.3 Å². The molecule has 0 bridgehead atoms. The van der Waals surface area contributed by atoms with E-state index in [1.54, 1.807) is 11.0 Å². The molecule has 1 aromatic heterocycles. The molecule has 2 aliphatic heterocycles. The number of nitrogens with zero attached hydrogens (tertiary/aromatic N) is 2. The number of rotatable bonds is 6. The van der Waals surface area contributed by atoms with E-state index in [2.05, 4.69) is 28.4 Å². The number of hydrogen-bond acceptors (Lipinski definition) is 5. The maximum atomic E-state index is 13.5. The Morgan fingerprint density at radius 3 is 2.66 bits per heavy atom. The summed E-state index contributed by atoms with van der Waals surface area (Å²) in [4.78, 5) is 31.1. The first-order valence-electron chi connectivity index (χ1n) is 11.9. The molecule has 0 spiro atoms. The van der Waals surface area contributed by atoms with E-state index in [-0.39, 0.29) is 18.4 Å². The van der Waals surface area contributed by atoms with Crippen LogP contribution in [0.5, 0.6) is 0 Å². The second kappa shape index (κ2) is 10.3. The van der Waals surface area contributed by atoms with Gasteiger partial charge in [-0.2, -0.15) is 0 Å². The van der Waals surface area contributed by atoms with Crippen molar-refractivity contribution in [3.8, 4) is 0 Å². The van der Waals surface area contributed by atoms with Gasteiger partial charge in [0.05, 0.1) is 11.0 Å². The molecule has 1 atom stereocenters. The summed E-state index contributed by atoms with van der Waals surface area (Å²) in [6.45, 7) is 3.32. The van der Waals surface area contributed by atoms with Crippen molar-refractivity contribution in [2.45, 2.75) is 32.0 Å². The Hall–Kier alpha value is -3.07. The van der Waals surface area contributed by atoms with Gasteiger partial charge in [-0.3, -0.25) is 14.5 Å². The van der Waals surface area contributed by atoms with Crippen molar-refractivity contribution in [3.63, 3.8) is 0 Å². The van der Waals surface area contributed by atoms with Crippen LogP contribution in [0.15, 0.2) is 54.6 Å². The second-order valence-corrected chi connectivity index (χ2v) is 10.3. The van der Waals surface area contributed by atoms with Crippen LogP contribution < -0.4 is 5.32 Å². The second-order valence-electron chi connectivity index (χ2n) is 9.16. The molecule has 0 fully saturated rings. The number of amides is 2. The predicted molar refractivity (Wildman–Crippen MR) is 133 cm³/mol.